The molecule has 2 heterocycles. The van der Waals surface area contributed by atoms with Gasteiger partial charge < -0.3 is 4.90 Å². The molecule has 2 saturated heterocycles. The zero-order valence-electron chi connectivity index (χ0n) is 13.8. The molecule has 0 saturated carbocycles. The third-order valence-corrected chi connectivity index (χ3v) is 4.70. The van der Waals surface area contributed by atoms with Crippen molar-refractivity contribution < 1.29 is 27.6 Å². The summed E-state index contributed by atoms with van der Waals surface area (Å²) in [6.45, 7) is 1.71. The fourth-order valence-corrected chi connectivity index (χ4v) is 3.39. The first-order valence-corrected chi connectivity index (χ1v) is 8.18. The van der Waals surface area contributed by atoms with Gasteiger partial charge in [-0.1, -0.05) is 0 Å². The molecule has 2 amide bonds. The first kappa shape index (κ1) is 17.7. The van der Waals surface area contributed by atoms with Crippen molar-refractivity contribution >= 4 is 11.8 Å². The molecule has 0 aromatic heterocycles. The molecule has 3 atom stereocenters. The lowest BCUT2D eigenvalue weighted by atomic mass is 9.93. The summed E-state index contributed by atoms with van der Waals surface area (Å²) in [4.78, 5) is 30.7. The highest BCUT2D eigenvalue weighted by Gasteiger charge is 2.42. The fourth-order valence-electron chi connectivity index (χ4n) is 3.39. The Bertz CT molecular complexity index is 665. The van der Waals surface area contributed by atoms with Crippen LogP contribution in [0.5, 0.6) is 0 Å². The second-order valence-corrected chi connectivity index (χ2v) is 6.38. The zero-order valence-corrected chi connectivity index (χ0v) is 13.8. The van der Waals surface area contributed by atoms with Crippen LogP contribution in [-0.2, 0) is 14.4 Å². The summed E-state index contributed by atoms with van der Waals surface area (Å²) < 4.78 is 41.3. The fraction of sp³-hybridized carbons (Fsp3) is 0.529. The Morgan fingerprint density at radius 1 is 1.16 bits per heavy atom. The van der Waals surface area contributed by atoms with Crippen molar-refractivity contribution in [3.8, 4) is 0 Å². The smallest absolute Gasteiger partial charge is 0.252 e. The van der Waals surface area contributed by atoms with Crippen LogP contribution in [0.3, 0.4) is 0 Å². The van der Waals surface area contributed by atoms with Crippen LogP contribution in [0.1, 0.15) is 31.4 Å². The van der Waals surface area contributed by atoms with Gasteiger partial charge >= 0.3 is 0 Å². The number of alkyl halides is 1. The van der Waals surface area contributed by atoms with Crippen LogP contribution in [0.25, 0.3) is 0 Å². The summed E-state index contributed by atoms with van der Waals surface area (Å²) in [6.07, 6.45) is -0.944. The Hall–Kier alpha value is -2.09. The van der Waals surface area contributed by atoms with Gasteiger partial charge in [-0.3, -0.25) is 14.4 Å². The van der Waals surface area contributed by atoms with Crippen molar-refractivity contribution in [2.24, 2.45) is 5.92 Å². The first-order chi connectivity index (χ1) is 11.9. The molecule has 1 aromatic rings. The highest BCUT2D eigenvalue weighted by atomic mass is 19.1. The van der Waals surface area contributed by atoms with Gasteiger partial charge in [0.2, 0.25) is 5.91 Å². The standard InChI is InChI=1S/C17H19F3N2O3/c1-10(23)21-4-2-14(15(20)9-21)17(24)22-16(3-5-25-22)11-6-12(18)8-13(19)7-11/h6-8,14-16H,2-5,9H2,1H3/t14?,15-,16?/m1/s1. The summed E-state index contributed by atoms with van der Waals surface area (Å²) in [5, 5.41) is 1.04. The Morgan fingerprint density at radius 2 is 1.84 bits per heavy atom. The van der Waals surface area contributed by atoms with Crippen LogP contribution in [0, 0.1) is 17.6 Å². The predicted octanol–water partition coefficient (Wildman–Crippen LogP) is 2.38. The van der Waals surface area contributed by atoms with Crippen molar-refractivity contribution in [2.45, 2.75) is 32.0 Å². The number of nitrogens with zero attached hydrogens (tertiary/aromatic N) is 2. The normalized spacial score (nSPS) is 26.8. The van der Waals surface area contributed by atoms with Gasteiger partial charge in [0.05, 0.1) is 25.1 Å². The molecule has 136 valence electrons. The number of rotatable bonds is 2. The monoisotopic (exact) mass is 356 g/mol. The number of hydroxylamine groups is 2. The lowest BCUT2D eigenvalue weighted by Gasteiger charge is -2.35. The van der Waals surface area contributed by atoms with Crippen LogP contribution in [0.2, 0.25) is 0 Å². The number of carbonyl (C=O) groups excluding carboxylic acids is 2. The molecular formula is C17H19F3N2O3. The minimum Gasteiger partial charge on any atom is -0.340 e. The maximum absolute atomic E-state index is 14.4. The van der Waals surface area contributed by atoms with E-state index in [0.717, 1.165) is 23.3 Å². The van der Waals surface area contributed by atoms with Gasteiger partial charge in [-0.25, -0.2) is 18.2 Å². The molecule has 2 aliphatic rings. The number of hydrogen-bond donors (Lipinski definition) is 0. The number of carbonyl (C=O) groups is 2. The summed E-state index contributed by atoms with van der Waals surface area (Å²) >= 11 is 0. The quantitative estimate of drug-likeness (QED) is 0.818. The average molecular weight is 356 g/mol. The minimum absolute atomic E-state index is 0.140. The van der Waals surface area contributed by atoms with Gasteiger partial charge in [-0.05, 0) is 24.1 Å². The molecule has 2 aliphatic heterocycles. The van der Waals surface area contributed by atoms with Crippen molar-refractivity contribution in [1.29, 1.82) is 0 Å². The number of likely N-dealkylation sites (tertiary alicyclic amines) is 1. The van der Waals surface area contributed by atoms with Crippen LogP contribution in [0.15, 0.2) is 18.2 Å². The average Bonchev–Trinajstić information content (AvgIpc) is 3.02. The van der Waals surface area contributed by atoms with Crippen molar-refractivity contribution in [1.82, 2.24) is 9.96 Å². The first-order valence-electron chi connectivity index (χ1n) is 8.18. The number of halogens is 3. The van der Waals surface area contributed by atoms with Gasteiger partial charge in [0, 0.05) is 26.0 Å². The van der Waals surface area contributed by atoms with Crippen molar-refractivity contribution in [2.75, 3.05) is 19.7 Å². The van der Waals surface area contributed by atoms with E-state index in [2.05, 4.69) is 0 Å². The Kier molecular flexibility index (Phi) is 4.99. The van der Waals surface area contributed by atoms with E-state index >= 15 is 0 Å². The molecule has 2 unspecified atom stereocenters. The molecule has 5 nitrogen and oxygen atoms in total. The molecule has 0 bridgehead atoms. The van der Waals surface area contributed by atoms with Crippen molar-refractivity contribution in [3.05, 3.63) is 35.4 Å². The zero-order chi connectivity index (χ0) is 18.1. The molecule has 0 N–H and O–H groups in total. The largest absolute Gasteiger partial charge is 0.340 e. The SMILES string of the molecule is CC(=O)N1CCC(C(=O)N2OCCC2c2cc(F)cc(F)c2)[C@H](F)C1. The number of amides is 2. The lowest BCUT2D eigenvalue weighted by molar-refractivity contribution is -0.186. The maximum atomic E-state index is 14.4. The second kappa shape index (κ2) is 7.03. The number of benzene rings is 1. The van der Waals surface area contributed by atoms with E-state index in [1.807, 2.05) is 0 Å². The van der Waals surface area contributed by atoms with Gasteiger partial charge in [0.1, 0.15) is 17.8 Å². The summed E-state index contributed by atoms with van der Waals surface area (Å²) in [5.74, 6) is -3.21. The molecule has 2 fully saturated rings. The van der Waals surface area contributed by atoms with E-state index in [9.17, 15) is 22.8 Å². The Balaban J connectivity index is 1.76. The highest BCUT2D eigenvalue weighted by Crippen LogP contribution is 2.34. The molecule has 25 heavy (non-hydrogen) atoms. The molecule has 1 aromatic carbocycles. The van der Waals surface area contributed by atoms with E-state index in [1.165, 1.54) is 11.8 Å². The minimum atomic E-state index is -1.50. The Morgan fingerprint density at radius 3 is 2.44 bits per heavy atom. The molecule has 8 heteroatoms. The Labute approximate surface area is 143 Å². The van der Waals surface area contributed by atoms with Crippen LogP contribution >= 0.6 is 0 Å². The third kappa shape index (κ3) is 3.63. The van der Waals surface area contributed by atoms with Crippen LogP contribution in [0.4, 0.5) is 13.2 Å². The predicted molar refractivity (Wildman–Crippen MR) is 81.8 cm³/mol. The van der Waals surface area contributed by atoms with E-state index in [0.29, 0.717) is 13.0 Å². The van der Waals surface area contributed by atoms with Gasteiger partial charge in [0.25, 0.3) is 5.91 Å². The number of hydrogen-bond acceptors (Lipinski definition) is 3. The van der Waals surface area contributed by atoms with E-state index in [-0.39, 0.29) is 31.0 Å². The van der Waals surface area contributed by atoms with E-state index in [1.54, 1.807) is 0 Å². The molecule has 3 rings (SSSR count). The van der Waals surface area contributed by atoms with Crippen LogP contribution < -0.4 is 0 Å². The lowest BCUT2D eigenvalue weighted by Crippen LogP contribution is -2.49. The highest BCUT2D eigenvalue weighted by molar-refractivity contribution is 5.80. The molecule has 0 radical (unpaired) electrons. The second-order valence-electron chi connectivity index (χ2n) is 6.38. The van der Waals surface area contributed by atoms with E-state index < -0.39 is 35.7 Å². The summed E-state index contributed by atoms with van der Waals surface area (Å²) in [5.41, 5.74) is 0.278. The van der Waals surface area contributed by atoms with Crippen molar-refractivity contribution in [3.63, 3.8) is 0 Å². The third-order valence-electron chi connectivity index (χ3n) is 4.70. The molecule has 0 aliphatic carbocycles. The van der Waals surface area contributed by atoms with Gasteiger partial charge in [0.15, 0.2) is 0 Å². The topological polar surface area (TPSA) is 49.9 Å². The maximum Gasteiger partial charge on any atom is 0.252 e. The summed E-state index contributed by atoms with van der Waals surface area (Å²) in [7, 11) is 0. The van der Waals surface area contributed by atoms with E-state index in [4.69, 9.17) is 4.84 Å². The molecular weight excluding hydrogens is 337 g/mol. The summed E-state index contributed by atoms with van der Waals surface area (Å²) in [6, 6.07) is 2.39. The van der Waals surface area contributed by atoms with Gasteiger partial charge in [-0.2, -0.15) is 0 Å². The molecule has 0 spiro atoms. The van der Waals surface area contributed by atoms with Gasteiger partial charge in [-0.15, -0.1) is 0 Å². The number of piperidine rings is 1. The van der Waals surface area contributed by atoms with Crippen LogP contribution in [-0.4, -0.2) is 47.6 Å².